The SMILES string of the molecule is C[C@H]1C(=O)N(c2ccc(F)c(Cl)c2)CCN1C(=O)CCc1ccccc1. The molecule has 2 aromatic carbocycles. The number of aryl methyl sites for hydroxylation is 1. The van der Waals surface area contributed by atoms with Gasteiger partial charge in [-0.2, -0.15) is 0 Å². The van der Waals surface area contributed by atoms with Crippen LogP contribution in [0.5, 0.6) is 0 Å². The van der Waals surface area contributed by atoms with Crippen LogP contribution < -0.4 is 4.90 Å². The third-order valence-corrected chi connectivity index (χ3v) is 4.95. The minimum Gasteiger partial charge on any atom is -0.329 e. The molecule has 1 fully saturated rings. The van der Waals surface area contributed by atoms with Gasteiger partial charge in [-0.3, -0.25) is 9.59 Å². The number of amides is 2. The quantitative estimate of drug-likeness (QED) is 0.819. The Labute approximate surface area is 157 Å². The van der Waals surface area contributed by atoms with E-state index in [1.54, 1.807) is 16.7 Å². The van der Waals surface area contributed by atoms with Crippen LogP contribution in [0.4, 0.5) is 10.1 Å². The van der Waals surface area contributed by atoms with Gasteiger partial charge >= 0.3 is 0 Å². The fraction of sp³-hybridized carbons (Fsp3) is 0.300. The van der Waals surface area contributed by atoms with Gasteiger partial charge in [-0.25, -0.2) is 4.39 Å². The van der Waals surface area contributed by atoms with Gasteiger partial charge in [-0.15, -0.1) is 0 Å². The zero-order chi connectivity index (χ0) is 18.7. The van der Waals surface area contributed by atoms with Crippen LogP contribution in [-0.4, -0.2) is 35.8 Å². The molecule has 0 saturated carbocycles. The smallest absolute Gasteiger partial charge is 0.249 e. The first kappa shape index (κ1) is 18.4. The first-order chi connectivity index (χ1) is 12.5. The summed E-state index contributed by atoms with van der Waals surface area (Å²) < 4.78 is 13.3. The number of hydrogen-bond acceptors (Lipinski definition) is 2. The summed E-state index contributed by atoms with van der Waals surface area (Å²) in [7, 11) is 0. The number of hydrogen-bond donors (Lipinski definition) is 0. The third-order valence-electron chi connectivity index (χ3n) is 4.66. The molecule has 0 aromatic heterocycles. The van der Waals surface area contributed by atoms with Gasteiger partial charge < -0.3 is 9.80 Å². The van der Waals surface area contributed by atoms with E-state index in [0.29, 0.717) is 31.6 Å². The number of carbonyl (C=O) groups is 2. The highest BCUT2D eigenvalue weighted by Crippen LogP contribution is 2.26. The number of anilines is 1. The van der Waals surface area contributed by atoms with Crippen molar-refractivity contribution in [2.45, 2.75) is 25.8 Å². The van der Waals surface area contributed by atoms with Crippen LogP contribution in [0, 0.1) is 5.82 Å². The second-order valence-corrected chi connectivity index (χ2v) is 6.74. The predicted molar refractivity (Wildman–Crippen MR) is 99.7 cm³/mol. The van der Waals surface area contributed by atoms with E-state index in [1.165, 1.54) is 18.2 Å². The van der Waals surface area contributed by atoms with Gasteiger partial charge in [0.2, 0.25) is 11.8 Å². The molecule has 136 valence electrons. The minimum atomic E-state index is -0.559. The monoisotopic (exact) mass is 374 g/mol. The fourth-order valence-electron chi connectivity index (χ4n) is 3.16. The Morgan fingerprint density at radius 3 is 2.62 bits per heavy atom. The molecular weight excluding hydrogens is 355 g/mol. The van der Waals surface area contributed by atoms with Gasteiger partial charge in [-0.1, -0.05) is 41.9 Å². The number of halogens is 2. The second kappa shape index (κ2) is 7.87. The van der Waals surface area contributed by atoms with Gasteiger partial charge in [0.05, 0.1) is 5.02 Å². The number of piperazine rings is 1. The normalized spacial score (nSPS) is 17.5. The molecule has 0 unspecified atom stereocenters. The Hall–Kier alpha value is -2.40. The Bertz CT molecular complexity index is 813. The van der Waals surface area contributed by atoms with Gasteiger partial charge in [0.25, 0.3) is 0 Å². The molecule has 6 heteroatoms. The van der Waals surface area contributed by atoms with Crippen LogP contribution >= 0.6 is 11.6 Å². The van der Waals surface area contributed by atoms with Crippen LogP contribution in [0.1, 0.15) is 18.9 Å². The van der Waals surface area contributed by atoms with Crippen LogP contribution in [0.25, 0.3) is 0 Å². The average molecular weight is 375 g/mol. The minimum absolute atomic E-state index is 0.0238. The van der Waals surface area contributed by atoms with Crippen molar-refractivity contribution in [2.75, 3.05) is 18.0 Å². The molecule has 1 aliphatic heterocycles. The molecule has 0 spiro atoms. The van der Waals surface area contributed by atoms with E-state index in [0.717, 1.165) is 5.56 Å². The van der Waals surface area contributed by atoms with Crippen molar-refractivity contribution in [1.29, 1.82) is 0 Å². The second-order valence-electron chi connectivity index (χ2n) is 6.34. The lowest BCUT2D eigenvalue weighted by molar-refractivity contribution is -0.140. The van der Waals surface area contributed by atoms with Crippen molar-refractivity contribution < 1.29 is 14.0 Å². The van der Waals surface area contributed by atoms with E-state index < -0.39 is 11.9 Å². The average Bonchev–Trinajstić information content (AvgIpc) is 2.65. The third kappa shape index (κ3) is 3.88. The molecule has 1 atom stereocenters. The molecule has 2 amide bonds. The van der Waals surface area contributed by atoms with Crippen molar-refractivity contribution in [3.8, 4) is 0 Å². The highest BCUT2D eigenvalue weighted by molar-refractivity contribution is 6.31. The van der Waals surface area contributed by atoms with Gasteiger partial charge in [0, 0.05) is 25.2 Å². The van der Waals surface area contributed by atoms with E-state index in [-0.39, 0.29) is 16.8 Å². The number of carbonyl (C=O) groups excluding carboxylic acids is 2. The summed E-state index contributed by atoms with van der Waals surface area (Å²) in [5.41, 5.74) is 1.64. The summed E-state index contributed by atoms with van der Waals surface area (Å²) in [5.74, 6) is -0.746. The van der Waals surface area contributed by atoms with Crippen molar-refractivity contribution in [3.05, 3.63) is 64.9 Å². The topological polar surface area (TPSA) is 40.6 Å². The van der Waals surface area contributed by atoms with Gasteiger partial charge in [0.1, 0.15) is 11.9 Å². The molecule has 3 rings (SSSR count). The largest absolute Gasteiger partial charge is 0.329 e. The summed E-state index contributed by atoms with van der Waals surface area (Å²) >= 11 is 5.82. The van der Waals surface area contributed by atoms with Crippen LogP contribution in [-0.2, 0) is 16.0 Å². The molecule has 0 radical (unpaired) electrons. The molecule has 1 aliphatic rings. The molecule has 0 bridgehead atoms. The molecule has 26 heavy (non-hydrogen) atoms. The Morgan fingerprint density at radius 1 is 1.19 bits per heavy atom. The van der Waals surface area contributed by atoms with Crippen LogP contribution in [0.15, 0.2) is 48.5 Å². The summed E-state index contributed by atoms with van der Waals surface area (Å²) in [5, 5.41) is -0.0238. The van der Waals surface area contributed by atoms with Crippen LogP contribution in [0.2, 0.25) is 5.02 Å². The fourth-order valence-corrected chi connectivity index (χ4v) is 3.33. The summed E-state index contributed by atoms with van der Waals surface area (Å²) in [4.78, 5) is 28.4. The first-order valence-corrected chi connectivity index (χ1v) is 8.95. The maximum absolute atomic E-state index is 13.3. The van der Waals surface area contributed by atoms with Gasteiger partial charge in [0.15, 0.2) is 0 Å². The van der Waals surface area contributed by atoms with Crippen molar-refractivity contribution in [1.82, 2.24) is 4.90 Å². The van der Waals surface area contributed by atoms with Crippen LogP contribution in [0.3, 0.4) is 0 Å². The Morgan fingerprint density at radius 2 is 1.92 bits per heavy atom. The van der Waals surface area contributed by atoms with E-state index in [2.05, 4.69) is 0 Å². The Balaban J connectivity index is 1.65. The molecule has 4 nitrogen and oxygen atoms in total. The molecule has 1 saturated heterocycles. The lowest BCUT2D eigenvalue weighted by atomic mass is 10.1. The predicted octanol–water partition coefficient (Wildman–Crippen LogP) is 3.68. The van der Waals surface area contributed by atoms with Crippen molar-refractivity contribution in [3.63, 3.8) is 0 Å². The highest BCUT2D eigenvalue weighted by atomic mass is 35.5. The standard InChI is InChI=1S/C20H20ClFN2O2/c1-14-20(26)24(16-8-9-18(22)17(21)13-16)12-11-23(14)19(25)10-7-15-5-3-2-4-6-15/h2-6,8-9,13-14H,7,10-12H2,1H3/t14-/m0/s1. The van der Waals surface area contributed by atoms with Crippen molar-refractivity contribution >= 4 is 29.1 Å². The molecule has 0 N–H and O–H groups in total. The zero-order valence-electron chi connectivity index (χ0n) is 14.5. The van der Waals surface area contributed by atoms with E-state index in [1.807, 2.05) is 30.3 Å². The number of rotatable bonds is 4. The summed E-state index contributed by atoms with van der Waals surface area (Å²) in [6.45, 7) is 2.53. The number of nitrogens with zero attached hydrogens (tertiary/aromatic N) is 2. The first-order valence-electron chi connectivity index (χ1n) is 8.57. The van der Waals surface area contributed by atoms with Crippen molar-refractivity contribution in [2.24, 2.45) is 0 Å². The van der Waals surface area contributed by atoms with Gasteiger partial charge in [-0.05, 0) is 37.1 Å². The molecule has 0 aliphatic carbocycles. The molecule has 1 heterocycles. The maximum atomic E-state index is 13.3. The number of benzene rings is 2. The summed E-state index contributed by atoms with van der Waals surface area (Å²) in [6, 6.07) is 13.4. The van der Waals surface area contributed by atoms with E-state index >= 15 is 0 Å². The highest BCUT2D eigenvalue weighted by Gasteiger charge is 2.34. The maximum Gasteiger partial charge on any atom is 0.249 e. The molecular formula is C20H20ClFN2O2. The van der Waals surface area contributed by atoms with E-state index in [9.17, 15) is 14.0 Å². The Kier molecular flexibility index (Phi) is 5.57. The molecule has 2 aromatic rings. The lowest BCUT2D eigenvalue weighted by Gasteiger charge is -2.39. The lowest BCUT2D eigenvalue weighted by Crippen LogP contribution is -2.57. The zero-order valence-corrected chi connectivity index (χ0v) is 15.2. The van der Waals surface area contributed by atoms with E-state index in [4.69, 9.17) is 11.6 Å². The summed E-state index contributed by atoms with van der Waals surface area (Å²) in [6.07, 6.45) is 1.01.